The normalized spacial score (nSPS) is 17.1. The number of aromatic carboxylic acids is 1. The predicted molar refractivity (Wildman–Crippen MR) is 115 cm³/mol. The Kier molecular flexibility index (Phi) is 4.42. The lowest BCUT2D eigenvalue weighted by atomic mass is 9.63. The van der Waals surface area contributed by atoms with Gasteiger partial charge in [0.25, 0.3) is 0 Å². The number of rotatable bonds is 3. The van der Waals surface area contributed by atoms with Crippen LogP contribution in [0.4, 0.5) is 0 Å². The molecule has 0 amide bonds. The van der Waals surface area contributed by atoms with Crippen molar-refractivity contribution in [3.8, 4) is 21.0 Å². The number of aromatic nitrogens is 1. The first-order valence-corrected chi connectivity index (χ1v) is 10.4. The third-order valence-corrected chi connectivity index (χ3v) is 7.12. The Balaban J connectivity index is 1.71. The molecule has 0 fully saturated rings. The van der Waals surface area contributed by atoms with E-state index >= 15 is 0 Å². The van der Waals surface area contributed by atoms with Gasteiger partial charge in [0.2, 0.25) is 0 Å². The summed E-state index contributed by atoms with van der Waals surface area (Å²) in [6.07, 6.45) is 4.28. The fraction of sp³-hybridized carbons (Fsp3) is 0.333. The van der Waals surface area contributed by atoms with E-state index in [4.69, 9.17) is 5.11 Å². The Hall–Kier alpha value is -2.46. The summed E-state index contributed by atoms with van der Waals surface area (Å²) in [5.74, 6) is -0.906. The first-order valence-electron chi connectivity index (χ1n) is 9.62. The largest absolute Gasteiger partial charge is 0.478 e. The van der Waals surface area contributed by atoms with Crippen molar-refractivity contribution in [3.63, 3.8) is 0 Å². The first kappa shape index (κ1) is 18.9. The highest BCUT2D eigenvalue weighted by atomic mass is 32.1. The molecule has 0 radical (unpaired) electrons. The van der Waals surface area contributed by atoms with Crippen molar-refractivity contribution < 1.29 is 9.90 Å². The van der Waals surface area contributed by atoms with E-state index in [1.807, 2.05) is 18.3 Å². The van der Waals surface area contributed by atoms with Gasteiger partial charge in [0.05, 0.1) is 10.4 Å². The Morgan fingerprint density at radius 3 is 2.18 bits per heavy atom. The monoisotopic (exact) mass is 391 g/mol. The van der Waals surface area contributed by atoms with Gasteiger partial charge in [-0.25, -0.2) is 9.78 Å². The molecule has 0 atom stereocenters. The van der Waals surface area contributed by atoms with Crippen molar-refractivity contribution in [2.24, 2.45) is 0 Å². The van der Waals surface area contributed by atoms with Crippen molar-refractivity contribution in [2.45, 2.75) is 51.4 Å². The maximum absolute atomic E-state index is 11.0. The summed E-state index contributed by atoms with van der Waals surface area (Å²) in [5, 5.41) is 10.1. The number of benzene rings is 2. The molecular formula is C24H25NO2S. The molecule has 3 aromatic rings. The second-order valence-electron chi connectivity index (χ2n) is 8.94. The maximum Gasteiger partial charge on any atom is 0.335 e. The molecule has 0 aliphatic heterocycles. The molecular weight excluding hydrogens is 366 g/mol. The summed E-state index contributed by atoms with van der Waals surface area (Å²) in [6, 6.07) is 13.8. The fourth-order valence-corrected chi connectivity index (χ4v) is 4.96. The quantitative estimate of drug-likeness (QED) is 0.552. The minimum absolute atomic E-state index is 0.174. The van der Waals surface area contributed by atoms with Crippen LogP contribution in [0.1, 0.15) is 62.0 Å². The Morgan fingerprint density at radius 1 is 0.929 bits per heavy atom. The van der Waals surface area contributed by atoms with Crippen LogP contribution in [0.3, 0.4) is 0 Å². The zero-order valence-electron chi connectivity index (χ0n) is 16.7. The van der Waals surface area contributed by atoms with E-state index in [2.05, 4.69) is 50.9 Å². The van der Waals surface area contributed by atoms with E-state index in [1.165, 1.54) is 24.0 Å². The van der Waals surface area contributed by atoms with Crippen molar-refractivity contribution in [1.82, 2.24) is 4.98 Å². The molecule has 1 aliphatic carbocycles. The van der Waals surface area contributed by atoms with E-state index in [9.17, 15) is 4.79 Å². The highest BCUT2D eigenvalue weighted by molar-refractivity contribution is 7.18. The molecule has 1 N–H and O–H groups in total. The molecule has 0 unspecified atom stereocenters. The Morgan fingerprint density at radius 2 is 1.54 bits per heavy atom. The zero-order chi connectivity index (χ0) is 20.1. The summed E-state index contributed by atoms with van der Waals surface area (Å²) in [4.78, 5) is 16.7. The number of carboxylic acids is 1. The molecule has 0 saturated carbocycles. The molecule has 0 bridgehead atoms. The number of hydrogen-bond acceptors (Lipinski definition) is 3. The SMILES string of the molecule is CC1(C)CCC(C)(C)c2cc(-c3ncc(-c4ccc(C(=O)O)cc4)s3)ccc21. The van der Waals surface area contributed by atoms with Crippen LogP contribution in [0.25, 0.3) is 21.0 Å². The molecule has 0 spiro atoms. The van der Waals surface area contributed by atoms with Crippen molar-refractivity contribution in [3.05, 3.63) is 65.4 Å². The number of thiazole rings is 1. The predicted octanol–water partition coefficient (Wildman–Crippen LogP) is 6.52. The van der Waals surface area contributed by atoms with E-state index in [-0.39, 0.29) is 10.8 Å². The lowest BCUT2D eigenvalue weighted by Gasteiger charge is -2.42. The molecule has 28 heavy (non-hydrogen) atoms. The summed E-state index contributed by atoms with van der Waals surface area (Å²) >= 11 is 1.65. The lowest BCUT2D eigenvalue weighted by molar-refractivity contribution is 0.0697. The highest BCUT2D eigenvalue weighted by Gasteiger charge is 2.37. The summed E-state index contributed by atoms with van der Waals surface area (Å²) in [6.45, 7) is 9.34. The van der Waals surface area contributed by atoms with Gasteiger partial charge in [0.1, 0.15) is 5.01 Å². The Labute approximate surface area is 170 Å². The van der Waals surface area contributed by atoms with E-state index < -0.39 is 5.97 Å². The smallest absolute Gasteiger partial charge is 0.335 e. The van der Waals surface area contributed by atoms with Crippen LogP contribution in [0.5, 0.6) is 0 Å². The van der Waals surface area contributed by atoms with Crippen LogP contribution < -0.4 is 0 Å². The average molecular weight is 392 g/mol. The van der Waals surface area contributed by atoms with E-state index in [0.29, 0.717) is 5.56 Å². The summed E-state index contributed by atoms with van der Waals surface area (Å²) in [5.41, 5.74) is 5.72. The van der Waals surface area contributed by atoms with Gasteiger partial charge in [-0.05, 0) is 58.6 Å². The first-order chi connectivity index (χ1) is 13.2. The minimum Gasteiger partial charge on any atom is -0.478 e. The fourth-order valence-electron chi connectivity index (χ4n) is 4.04. The average Bonchev–Trinajstić information content (AvgIpc) is 3.15. The standard InChI is InChI=1S/C24H25NO2S/c1-23(2)11-12-24(3,4)19-13-17(9-10-18(19)23)21-25-14-20(28-21)15-5-7-16(8-6-15)22(26)27/h5-10,13-14H,11-12H2,1-4H3,(H,26,27). The van der Waals surface area contributed by atoms with Gasteiger partial charge < -0.3 is 5.11 Å². The number of nitrogens with zero attached hydrogens (tertiary/aromatic N) is 1. The van der Waals surface area contributed by atoms with Gasteiger partial charge in [-0.2, -0.15) is 0 Å². The van der Waals surface area contributed by atoms with Gasteiger partial charge in [-0.15, -0.1) is 11.3 Å². The number of carboxylic acid groups (broad SMARTS) is 1. The molecule has 0 saturated heterocycles. The Bertz CT molecular complexity index is 1040. The van der Waals surface area contributed by atoms with Crippen LogP contribution in [0.2, 0.25) is 0 Å². The van der Waals surface area contributed by atoms with Crippen LogP contribution >= 0.6 is 11.3 Å². The second-order valence-corrected chi connectivity index (χ2v) is 9.97. The van der Waals surface area contributed by atoms with Crippen molar-refractivity contribution >= 4 is 17.3 Å². The van der Waals surface area contributed by atoms with Gasteiger partial charge in [0, 0.05) is 11.8 Å². The molecule has 1 heterocycles. The topological polar surface area (TPSA) is 50.2 Å². The zero-order valence-corrected chi connectivity index (χ0v) is 17.6. The van der Waals surface area contributed by atoms with Crippen LogP contribution in [0.15, 0.2) is 48.7 Å². The van der Waals surface area contributed by atoms with Crippen molar-refractivity contribution in [2.75, 3.05) is 0 Å². The summed E-state index contributed by atoms with van der Waals surface area (Å²) < 4.78 is 0. The number of carbonyl (C=O) groups is 1. The molecule has 4 heteroatoms. The van der Waals surface area contributed by atoms with Gasteiger partial charge in [-0.1, -0.05) is 52.0 Å². The van der Waals surface area contributed by atoms with E-state index in [1.54, 1.807) is 23.5 Å². The number of hydrogen-bond donors (Lipinski definition) is 1. The third kappa shape index (κ3) is 3.26. The molecule has 1 aliphatic rings. The van der Waals surface area contributed by atoms with Crippen LogP contribution in [0, 0.1) is 0 Å². The van der Waals surface area contributed by atoms with Crippen molar-refractivity contribution in [1.29, 1.82) is 0 Å². The second kappa shape index (κ2) is 6.56. The van der Waals surface area contributed by atoms with Gasteiger partial charge in [-0.3, -0.25) is 0 Å². The van der Waals surface area contributed by atoms with Crippen LogP contribution in [-0.4, -0.2) is 16.1 Å². The number of fused-ring (bicyclic) bond motifs is 1. The molecule has 1 aromatic heterocycles. The van der Waals surface area contributed by atoms with Gasteiger partial charge >= 0.3 is 5.97 Å². The maximum atomic E-state index is 11.0. The summed E-state index contributed by atoms with van der Waals surface area (Å²) in [7, 11) is 0. The molecule has 144 valence electrons. The van der Waals surface area contributed by atoms with Crippen LogP contribution in [-0.2, 0) is 10.8 Å². The lowest BCUT2D eigenvalue weighted by Crippen LogP contribution is -2.33. The molecule has 3 nitrogen and oxygen atoms in total. The molecule has 4 rings (SSSR count). The third-order valence-electron chi connectivity index (χ3n) is 6.02. The van der Waals surface area contributed by atoms with Gasteiger partial charge in [0.15, 0.2) is 0 Å². The molecule has 2 aromatic carbocycles. The minimum atomic E-state index is -0.906. The highest BCUT2D eigenvalue weighted by Crippen LogP contribution is 2.47. The van der Waals surface area contributed by atoms with E-state index in [0.717, 1.165) is 21.0 Å².